The number of ketones is 1. The highest BCUT2D eigenvalue weighted by Crippen LogP contribution is 2.28. The Balaban J connectivity index is 1.26. The summed E-state index contributed by atoms with van der Waals surface area (Å²) in [5.74, 6) is 0.157. The molecule has 41 heavy (non-hydrogen) atoms. The van der Waals surface area contributed by atoms with Gasteiger partial charge in [0, 0.05) is 46.2 Å². The van der Waals surface area contributed by atoms with Crippen molar-refractivity contribution in [3.05, 3.63) is 125 Å². The molecule has 0 fully saturated rings. The van der Waals surface area contributed by atoms with Gasteiger partial charge in [-0.2, -0.15) is 0 Å². The number of aromatic amines is 2. The minimum atomic E-state index is 0.157. The van der Waals surface area contributed by atoms with Gasteiger partial charge in [-0.05, 0) is 95.6 Å². The molecule has 0 spiro atoms. The molecule has 6 heteroatoms. The predicted molar refractivity (Wildman–Crippen MR) is 168 cm³/mol. The SMILES string of the molecule is Nc1cccc(CC(=O)Cc2ccc(-c3cc4cc5nc(cc6ccc(cc7nc(cc3[nH]4)C=C7)[nH]6)C=C5)cc2)c1. The Hall–Kier alpha value is -5.49. The summed E-state index contributed by atoms with van der Waals surface area (Å²) >= 11 is 0. The van der Waals surface area contributed by atoms with Crippen LogP contribution in [-0.4, -0.2) is 25.7 Å². The molecular formula is C35H27N5O. The van der Waals surface area contributed by atoms with Crippen LogP contribution in [0.2, 0.25) is 0 Å². The number of rotatable bonds is 5. The van der Waals surface area contributed by atoms with Crippen LogP contribution in [0.4, 0.5) is 5.69 Å². The second kappa shape index (κ2) is 10.2. The highest BCUT2D eigenvalue weighted by molar-refractivity contribution is 5.88. The average Bonchev–Trinajstić information content (AvgIpc) is 3.75. The van der Waals surface area contributed by atoms with E-state index in [-0.39, 0.29) is 5.78 Å². The number of H-pyrrole nitrogens is 2. The number of hydrogen-bond acceptors (Lipinski definition) is 4. The van der Waals surface area contributed by atoms with E-state index in [2.05, 4.69) is 34.2 Å². The fourth-order valence-electron chi connectivity index (χ4n) is 5.28. The molecule has 3 aromatic heterocycles. The molecule has 4 N–H and O–H groups in total. The molecule has 0 atom stereocenters. The van der Waals surface area contributed by atoms with Gasteiger partial charge in [0.15, 0.2) is 0 Å². The molecule has 0 radical (unpaired) electrons. The molecule has 2 aliphatic heterocycles. The van der Waals surface area contributed by atoms with Crippen molar-refractivity contribution in [2.75, 3.05) is 5.73 Å². The predicted octanol–water partition coefficient (Wildman–Crippen LogP) is 7.26. The number of hydrogen-bond donors (Lipinski definition) is 3. The maximum Gasteiger partial charge on any atom is 0.141 e. The maximum absolute atomic E-state index is 12.7. The topological polar surface area (TPSA) is 100 Å². The van der Waals surface area contributed by atoms with Crippen molar-refractivity contribution in [2.45, 2.75) is 12.8 Å². The third kappa shape index (κ3) is 5.49. The Morgan fingerprint density at radius 2 is 1.22 bits per heavy atom. The summed E-state index contributed by atoms with van der Waals surface area (Å²) < 4.78 is 0. The van der Waals surface area contributed by atoms with Crippen LogP contribution in [-0.2, 0) is 17.6 Å². The smallest absolute Gasteiger partial charge is 0.141 e. The molecule has 0 unspecified atom stereocenters. The Bertz CT molecular complexity index is 2030. The van der Waals surface area contributed by atoms with Gasteiger partial charge < -0.3 is 15.7 Å². The third-order valence-electron chi connectivity index (χ3n) is 7.19. The zero-order chi connectivity index (χ0) is 27.8. The van der Waals surface area contributed by atoms with Gasteiger partial charge in [-0.25, -0.2) is 9.97 Å². The van der Waals surface area contributed by atoms with Crippen molar-refractivity contribution in [1.29, 1.82) is 0 Å². The Kier molecular flexibility index (Phi) is 6.13. The lowest BCUT2D eigenvalue weighted by Gasteiger charge is -2.05. The zero-order valence-corrected chi connectivity index (χ0v) is 22.3. The van der Waals surface area contributed by atoms with Gasteiger partial charge in [-0.1, -0.05) is 36.4 Å². The minimum absolute atomic E-state index is 0.157. The molecule has 0 saturated carbocycles. The highest BCUT2D eigenvalue weighted by Gasteiger charge is 2.10. The fourth-order valence-corrected chi connectivity index (χ4v) is 5.28. The molecule has 2 aromatic carbocycles. The van der Waals surface area contributed by atoms with Crippen LogP contribution in [0.1, 0.15) is 33.9 Å². The number of anilines is 1. The number of nitrogens with two attached hydrogens (primary N) is 1. The first-order chi connectivity index (χ1) is 20.0. The van der Waals surface area contributed by atoms with E-state index < -0.39 is 0 Å². The first kappa shape index (κ1) is 24.5. The van der Waals surface area contributed by atoms with E-state index in [1.807, 2.05) is 91.0 Å². The molecule has 5 heterocycles. The van der Waals surface area contributed by atoms with E-state index >= 15 is 0 Å². The van der Waals surface area contributed by atoms with Crippen molar-refractivity contribution < 1.29 is 4.79 Å². The van der Waals surface area contributed by atoms with Gasteiger partial charge in [0.05, 0.1) is 22.8 Å². The normalized spacial score (nSPS) is 12.1. The van der Waals surface area contributed by atoms with E-state index in [0.717, 1.165) is 67.1 Å². The molecule has 198 valence electrons. The molecule has 7 rings (SSSR count). The summed E-state index contributed by atoms with van der Waals surface area (Å²) in [5, 5.41) is 0. The van der Waals surface area contributed by atoms with Crippen LogP contribution < -0.4 is 5.73 Å². The number of benzene rings is 2. The number of nitrogen functional groups attached to an aromatic ring is 1. The van der Waals surface area contributed by atoms with Crippen LogP contribution >= 0.6 is 0 Å². The summed E-state index contributed by atoms with van der Waals surface area (Å²) in [6.07, 6.45) is 8.82. The second-order valence-corrected chi connectivity index (χ2v) is 10.4. The number of carbonyl (C=O) groups excluding carboxylic acids is 1. The van der Waals surface area contributed by atoms with E-state index in [1.54, 1.807) is 0 Å². The fraction of sp³-hybridized carbons (Fsp3) is 0.0571. The Labute approximate surface area is 237 Å². The van der Waals surface area contributed by atoms with Crippen LogP contribution in [0, 0.1) is 0 Å². The highest BCUT2D eigenvalue weighted by atomic mass is 16.1. The summed E-state index contributed by atoms with van der Waals surface area (Å²) in [6, 6.07) is 30.1. The van der Waals surface area contributed by atoms with Crippen molar-refractivity contribution in [1.82, 2.24) is 19.9 Å². The number of carbonyl (C=O) groups is 1. The number of fused-ring (bicyclic) bond motifs is 8. The second-order valence-electron chi connectivity index (χ2n) is 10.4. The number of nitrogens with one attached hydrogen (secondary N) is 2. The zero-order valence-electron chi connectivity index (χ0n) is 22.3. The van der Waals surface area contributed by atoms with Gasteiger partial charge in [-0.3, -0.25) is 4.79 Å². The largest absolute Gasteiger partial charge is 0.399 e. The minimum Gasteiger partial charge on any atom is -0.399 e. The lowest BCUT2D eigenvalue weighted by atomic mass is 9.99. The molecule has 0 saturated heterocycles. The van der Waals surface area contributed by atoms with E-state index in [1.165, 1.54) is 0 Å². The molecule has 5 aromatic rings. The first-order valence-corrected chi connectivity index (χ1v) is 13.6. The standard InChI is InChI=1S/C35H27N5O/c36-25-3-1-2-23(14-25)16-33(41)15-22-4-6-24(7-5-22)34-20-32-19-30-11-10-28(38-30)17-26-8-9-27(37-26)18-29-12-13-31(39-29)21-35(34)40-32/h1-14,17-21,37,40H,15-16,36H2. The number of nitrogens with zero attached hydrogens (tertiary/aromatic N) is 2. The van der Waals surface area contributed by atoms with Gasteiger partial charge >= 0.3 is 0 Å². The van der Waals surface area contributed by atoms with Crippen LogP contribution in [0.5, 0.6) is 0 Å². The van der Waals surface area contributed by atoms with Crippen molar-refractivity contribution in [3.63, 3.8) is 0 Å². The van der Waals surface area contributed by atoms with Crippen LogP contribution in [0.3, 0.4) is 0 Å². The molecule has 8 bridgehead atoms. The van der Waals surface area contributed by atoms with E-state index in [0.29, 0.717) is 18.5 Å². The third-order valence-corrected chi connectivity index (χ3v) is 7.19. The van der Waals surface area contributed by atoms with E-state index in [9.17, 15) is 4.79 Å². The van der Waals surface area contributed by atoms with Crippen molar-refractivity contribution in [2.24, 2.45) is 0 Å². The van der Waals surface area contributed by atoms with Gasteiger partial charge in [0.25, 0.3) is 0 Å². The molecular weight excluding hydrogens is 506 g/mol. The molecule has 0 amide bonds. The average molecular weight is 534 g/mol. The molecule has 6 nitrogen and oxygen atoms in total. The lowest BCUT2D eigenvalue weighted by Crippen LogP contribution is -2.06. The van der Waals surface area contributed by atoms with Crippen molar-refractivity contribution >= 4 is 57.8 Å². The molecule has 2 aliphatic rings. The maximum atomic E-state index is 12.7. The van der Waals surface area contributed by atoms with Gasteiger partial charge in [-0.15, -0.1) is 0 Å². The summed E-state index contributed by atoms with van der Waals surface area (Å²) in [5.41, 5.74) is 18.0. The quantitative estimate of drug-likeness (QED) is 0.203. The van der Waals surface area contributed by atoms with Crippen molar-refractivity contribution in [3.8, 4) is 11.1 Å². The van der Waals surface area contributed by atoms with Gasteiger partial charge in [0.2, 0.25) is 0 Å². The summed E-state index contributed by atoms with van der Waals surface area (Å²) in [4.78, 5) is 29.3. The number of aromatic nitrogens is 4. The summed E-state index contributed by atoms with van der Waals surface area (Å²) in [6.45, 7) is 0. The first-order valence-electron chi connectivity index (χ1n) is 13.6. The van der Waals surface area contributed by atoms with Crippen LogP contribution in [0.25, 0.3) is 57.5 Å². The Morgan fingerprint density at radius 1 is 0.610 bits per heavy atom. The van der Waals surface area contributed by atoms with Gasteiger partial charge in [0.1, 0.15) is 5.78 Å². The monoisotopic (exact) mass is 533 g/mol. The van der Waals surface area contributed by atoms with E-state index in [4.69, 9.17) is 15.7 Å². The number of Topliss-reactive ketones (excluding diaryl/α,β-unsaturated/α-hetero) is 1. The summed E-state index contributed by atoms with van der Waals surface area (Å²) in [7, 11) is 0. The molecule has 0 aliphatic carbocycles. The van der Waals surface area contributed by atoms with Crippen LogP contribution in [0.15, 0.2) is 91.0 Å². The Morgan fingerprint density at radius 3 is 1.88 bits per heavy atom. The lowest BCUT2D eigenvalue weighted by molar-refractivity contribution is -0.117.